The summed E-state index contributed by atoms with van der Waals surface area (Å²) in [7, 11) is 0.873. The zero-order valence-electron chi connectivity index (χ0n) is 15.4. The molecule has 1 atom stereocenters. The van der Waals surface area contributed by atoms with Gasteiger partial charge in [-0.1, -0.05) is 23.7 Å². The predicted octanol–water partition coefficient (Wildman–Crippen LogP) is 3.95. The molecule has 2 aromatic carbocycles. The first-order valence-corrected chi connectivity index (χ1v) is 9.98. The Morgan fingerprint density at radius 1 is 1.18 bits per heavy atom. The summed E-state index contributed by atoms with van der Waals surface area (Å²) >= 11 is 5.55. The lowest BCUT2D eigenvalue weighted by molar-refractivity contribution is -0.137. The summed E-state index contributed by atoms with van der Waals surface area (Å²) in [4.78, 5) is 1.28. The molecule has 5 nitrogen and oxygen atoms in total. The van der Waals surface area contributed by atoms with Gasteiger partial charge in [-0.25, -0.2) is 13.1 Å². The number of nitrogens with zero attached hydrogens (tertiary/aromatic N) is 1. The summed E-state index contributed by atoms with van der Waals surface area (Å²) in [5.41, 5.74) is -0.409. The van der Waals surface area contributed by atoms with Crippen LogP contribution in [0.5, 0.6) is 5.75 Å². The Balaban J connectivity index is 2.28. The highest BCUT2D eigenvalue weighted by Crippen LogP contribution is 2.36. The Hall–Kier alpha value is -1.81. The van der Waals surface area contributed by atoms with Crippen LogP contribution in [0.25, 0.3) is 0 Å². The number of halogens is 4. The van der Waals surface area contributed by atoms with Crippen LogP contribution in [0.2, 0.25) is 5.02 Å². The number of ether oxygens (including phenoxy) is 1. The van der Waals surface area contributed by atoms with Crippen molar-refractivity contribution in [2.45, 2.75) is 17.1 Å². The van der Waals surface area contributed by atoms with E-state index in [2.05, 4.69) is 4.72 Å². The standard InChI is InChI=1S/C18H20ClF3N2O3S/c1-24(2)17(12-5-4-6-13(9-12)27-3)11-23-28(25,26)14-7-8-16(19)15(10-14)18(20,21)22/h4-10,17,23H,11H2,1-3H3. The number of hydrogen-bond acceptors (Lipinski definition) is 4. The molecule has 0 aliphatic heterocycles. The molecule has 10 heteroatoms. The number of likely N-dealkylation sites (N-methyl/N-ethyl adjacent to an activating group) is 1. The maximum absolute atomic E-state index is 13.0. The number of rotatable bonds is 7. The average molecular weight is 437 g/mol. The summed E-state index contributed by atoms with van der Waals surface area (Å²) in [6.45, 7) is -0.0491. The van der Waals surface area contributed by atoms with Crippen LogP contribution in [0.1, 0.15) is 17.2 Å². The smallest absolute Gasteiger partial charge is 0.417 e. The van der Waals surface area contributed by atoms with Crippen molar-refractivity contribution in [3.8, 4) is 5.75 Å². The second kappa shape index (κ2) is 8.69. The molecular formula is C18H20ClF3N2O3S. The third-order valence-corrected chi connectivity index (χ3v) is 5.87. The van der Waals surface area contributed by atoms with Crippen LogP contribution in [0.4, 0.5) is 13.2 Å². The highest BCUT2D eigenvalue weighted by molar-refractivity contribution is 7.89. The minimum atomic E-state index is -4.75. The molecule has 1 N–H and O–H groups in total. The van der Waals surface area contributed by atoms with Crippen LogP contribution in [0.15, 0.2) is 47.4 Å². The third-order valence-electron chi connectivity index (χ3n) is 4.12. The maximum Gasteiger partial charge on any atom is 0.417 e. The van der Waals surface area contributed by atoms with E-state index >= 15 is 0 Å². The van der Waals surface area contributed by atoms with Crippen molar-refractivity contribution < 1.29 is 26.3 Å². The van der Waals surface area contributed by atoms with Crippen molar-refractivity contribution in [2.24, 2.45) is 0 Å². The molecule has 0 aliphatic carbocycles. The summed E-state index contributed by atoms with van der Waals surface area (Å²) in [5, 5.41) is -0.561. The van der Waals surface area contributed by atoms with E-state index in [4.69, 9.17) is 16.3 Å². The van der Waals surface area contributed by atoms with Crippen LogP contribution in [-0.2, 0) is 16.2 Å². The van der Waals surface area contributed by atoms with Gasteiger partial charge in [0.2, 0.25) is 10.0 Å². The molecule has 0 aliphatic rings. The van der Waals surface area contributed by atoms with Crippen LogP contribution < -0.4 is 9.46 Å². The minimum absolute atomic E-state index is 0.0491. The molecule has 1 unspecified atom stereocenters. The molecule has 154 valence electrons. The molecule has 0 fully saturated rings. The van der Waals surface area contributed by atoms with Crippen LogP contribution in [-0.4, -0.2) is 41.1 Å². The van der Waals surface area contributed by atoms with Crippen molar-refractivity contribution in [3.63, 3.8) is 0 Å². The number of hydrogen-bond donors (Lipinski definition) is 1. The highest BCUT2D eigenvalue weighted by Gasteiger charge is 2.34. The van der Waals surface area contributed by atoms with E-state index in [-0.39, 0.29) is 12.6 Å². The summed E-state index contributed by atoms with van der Waals surface area (Å²) in [5.74, 6) is 0.611. The number of sulfonamides is 1. The number of alkyl halides is 3. The zero-order valence-corrected chi connectivity index (χ0v) is 17.0. The van der Waals surface area contributed by atoms with Crippen molar-refractivity contribution in [3.05, 3.63) is 58.6 Å². The van der Waals surface area contributed by atoms with Crippen LogP contribution in [0.3, 0.4) is 0 Å². The van der Waals surface area contributed by atoms with Gasteiger partial charge in [-0.05, 0) is 50.0 Å². The Morgan fingerprint density at radius 3 is 2.43 bits per heavy atom. The van der Waals surface area contributed by atoms with Gasteiger partial charge in [-0.3, -0.25) is 0 Å². The van der Waals surface area contributed by atoms with Crippen molar-refractivity contribution >= 4 is 21.6 Å². The predicted molar refractivity (Wildman–Crippen MR) is 101 cm³/mol. The first-order chi connectivity index (χ1) is 13.0. The lowest BCUT2D eigenvalue weighted by Crippen LogP contribution is -2.34. The molecular weight excluding hydrogens is 417 g/mol. The average Bonchev–Trinajstić information content (AvgIpc) is 2.61. The summed E-state index contributed by atoms with van der Waals surface area (Å²) in [6.07, 6.45) is -4.75. The van der Waals surface area contributed by atoms with Crippen molar-refractivity contribution in [2.75, 3.05) is 27.7 Å². The fourth-order valence-corrected chi connectivity index (χ4v) is 3.90. The lowest BCUT2D eigenvalue weighted by Gasteiger charge is -2.25. The van der Waals surface area contributed by atoms with Crippen LogP contribution in [0, 0.1) is 0 Å². The molecule has 0 bridgehead atoms. The van der Waals surface area contributed by atoms with Gasteiger partial charge in [0.05, 0.1) is 22.6 Å². The van der Waals surface area contributed by atoms with Gasteiger partial charge in [0.25, 0.3) is 0 Å². The first-order valence-electron chi connectivity index (χ1n) is 8.12. The van der Waals surface area contributed by atoms with Gasteiger partial charge < -0.3 is 9.64 Å². The van der Waals surface area contributed by atoms with Gasteiger partial charge >= 0.3 is 6.18 Å². The molecule has 28 heavy (non-hydrogen) atoms. The topological polar surface area (TPSA) is 58.6 Å². The SMILES string of the molecule is COc1cccc(C(CNS(=O)(=O)c2ccc(Cl)c(C(F)(F)F)c2)N(C)C)c1. The molecule has 0 saturated heterocycles. The quantitative estimate of drug-likeness (QED) is 0.714. The van der Waals surface area contributed by atoms with E-state index in [9.17, 15) is 21.6 Å². The van der Waals surface area contributed by atoms with Crippen molar-refractivity contribution in [1.29, 1.82) is 0 Å². The van der Waals surface area contributed by atoms with Gasteiger partial charge in [0, 0.05) is 12.6 Å². The molecule has 0 saturated carbocycles. The van der Waals surface area contributed by atoms with Crippen LogP contribution >= 0.6 is 11.6 Å². The van der Waals surface area contributed by atoms with E-state index in [0.717, 1.165) is 17.7 Å². The van der Waals surface area contributed by atoms with E-state index in [0.29, 0.717) is 11.8 Å². The molecule has 2 rings (SSSR count). The Bertz CT molecular complexity index is 934. The largest absolute Gasteiger partial charge is 0.497 e. The fourth-order valence-electron chi connectivity index (χ4n) is 2.61. The third kappa shape index (κ3) is 5.38. The summed E-state index contributed by atoms with van der Waals surface area (Å²) < 4.78 is 71.7. The molecule has 0 spiro atoms. The molecule has 0 aromatic heterocycles. The van der Waals surface area contributed by atoms with Gasteiger partial charge in [0.15, 0.2) is 0 Å². The minimum Gasteiger partial charge on any atom is -0.497 e. The van der Waals surface area contributed by atoms with E-state index in [1.165, 1.54) is 7.11 Å². The number of methoxy groups -OCH3 is 1. The second-order valence-corrected chi connectivity index (χ2v) is 8.42. The molecule has 0 heterocycles. The zero-order chi connectivity index (χ0) is 21.1. The monoisotopic (exact) mass is 436 g/mol. The van der Waals surface area contributed by atoms with Gasteiger partial charge in [-0.15, -0.1) is 0 Å². The normalized spacial score (nSPS) is 13.6. The highest BCUT2D eigenvalue weighted by atomic mass is 35.5. The van der Waals surface area contributed by atoms with E-state index in [1.54, 1.807) is 37.2 Å². The molecule has 0 amide bonds. The Morgan fingerprint density at radius 2 is 1.86 bits per heavy atom. The Kier molecular flexibility index (Phi) is 6.97. The van der Waals surface area contributed by atoms with Gasteiger partial charge in [0.1, 0.15) is 5.75 Å². The van der Waals surface area contributed by atoms with E-state index in [1.807, 2.05) is 6.07 Å². The number of nitrogens with one attached hydrogen (secondary N) is 1. The molecule has 0 radical (unpaired) electrons. The maximum atomic E-state index is 13.0. The molecule has 2 aromatic rings. The Labute approximate surface area is 167 Å². The summed E-state index contributed by atoms with van der Waals surface area (Å²) in [6, 6.07) is 9.23. The van der Waals surface area contributed by atoms with Gasteiger partial charge in [-0.2, -0.15) is 13.2 Å². The second-order valence-electron chi connectivity index (χ2n) is 6.25. The first kappa shape index (κ1) is 22.5. The van der Waals surface area contributed by atoms with E-state index < -0.39 is 31.7 Å². The number of benzene rings is 2. The fraction of sp³-hybridized carbons (Fsp3) is 0.333. The lowest BCUT2D eigenvalue weighted by atomic mass is 10.1. The van der Waals surface area contributed by atoms with Crippen molar-refractivity contribution in [1.82, 2.24) is 9.62 Å².